The van der Waals surface area contributed by atoms with Gasteiger partial charge < -0.3 is 15.4 Å². The third-order valence-corrected chi connectivity index (χ3v) is 3.89. The van der Waals surface area contributed by atoms with E-state index in [1.165, 1.54) is 4.88 Å². The lowest BCUT2D eigenvalue weighted by molar-refractivity contribution is 0.244. The second kappa shape index (κ2) is 6.66. The van der Waals surface area contributed by atoms with E-state index in [-0.39, 0.29) is 6.10 Å². The van der Waals surface area contributed by atoms with Crippen molar-refractivity contribution in [3.63, 3.8) is 0 Å². The molecular weight excluding hydrogens is 268 g/mol. The minimum absolute atomic E-state index is 0.125. The molecule has 0 amide bonds. The van der Waals surface area contributed by atoms with E-state index in [0.29, 0.717) is 5.69 Å². The molecule has 4 heteroatoms. The third kappa shape index (κ3) is 3.67. The van der Waals surface area contributed by atoms with Gasteiger partial charge in [-0.25, -0.2) is 0 Å². The second-order valence-electron chi connectivity index (χ2n) is 4.98. The van der Waals surface area contributed by atoms with Gasteiger partial charge in [0, 0.05) is 23.2 Å². The first-order valence-corrected chi connectivity index (χ1v) is 7.81. The summed E-state index contributed by atoms with van der Waals surface area (Å²) < 4.78 is 5.77. The number of nitrogens with two attached hydrogens (primary N) is 1. The van der Waals surface area contributed by atoms with Crippen LogP contribution in [0.25, 0.3) is 0 Å². The molecule has 108 valence electrons. The number of rotatable bonds is 6. The zero-order valence-electron chi connectivity index (χ0n) is 12.3. The van der Waals surface area contributed by atoms with Crippen LogP contribution in [0.2, 0.25) is 0 Å². The standard InChI is InChI=1S/C16H22N2OS/c1-4-18(11-14-6-5-9-20-14)13-7-8-15(17)16(10-13)19-12(2)3/h5-10,12H,4,11,17H2,1-3H3. The van der Waals surface area contributed by atoms with E-state index >= 15 is 0 Å². The van der Waals surface area contributed by atoms with Crippen LogP contribution in [-0.2, 0) is 6.54 Å². The molecule has 2 rings (SSSR count). The molecule has 1 aromatic heterocycles. The van der Waals surface area contributed by atoms with Crippen LogP contribution in [0.4, 0.5) is 11.4 Å². The van der Waals surface area contributed by atoms with E-state index in [4.69, 9.17) is 10.5 Å². The summed E-state index contributed by atoms with van der Waals surface area (Å²) in [7, 11) is 0. The summed E-state index contributed by atoms with van der Waals surface area (Å²) in [4.78, 5) is 3.67. The highest BCUT2D eigenvalue weighted by molar-refractivity contribution is 7.09. The maximum Gasteiger partial charge on any atom is 0.144 e. The number of thiophene rings is 1. The van der Waals surface area contributed by atoms with Crippen LogP contribution >= 0.6 is 11.3 Å². The Morgan fingerprint density at radius 2 is 2.10 bits per heavy atom. The molecule has 0 fully saturated rings. The number of anilines is 2. The highest BCUT2D eigenvalue weighted by Gasteiger charge is 2.10. The van der Waals surface area contributed by atoms with E-state index < -0.39 is 0 Å². The van der Waals surface area contributed by atoms with Gasteiger partial charge in [-0.2, -0.15) is 0 Å². The van der Waals surface area contributed by atoms with Crippen molar-refractivity contribution < 1.29 is 4.74 Å². The van der Waals surface area contributed by atoms with Crippen molar-refractivity contribution in [2.45, 2.75) is 33.4 Å². The molecule has 0 radical (unpaired) electrons. The Balaban J connectivity index is 2.21. The molecule has 1 heterocycles. The lowest BCUT2D eigenvalue weighted by Crippen LogP contribution is -2.21. The van der Waals surface area contributed by atoms with Crippen LogP contribution in [0.3, 0.4) is 0 Å². The predicted octanol–water partition coefficient (Wildman–Crippen LogP) is 4.14. The van der Waals surface area contributed by atoms with Gasteiger partial charge in [0.25, 0.3) is 0 Å². The van der Waals surface area contributed by atoms with Gasteiger partial charge in [0.05, 0.1) is 18.3 Å². The molecule has 0 aliphatic carbocycles. The first-order valence-electron chi connectivity index (χ1n) is 6.93. The van der Waals surface area contributed by atoms with Gasteiger partial charge in [0.2, 0.25) is 0 Å². The number of nitrogen functional groups attached to an aromatic ring is 1. The Kier molecular flexibility index (Phi) is 4.90. The first-order chi connectivity index (χ1) is 9.60. The Bertz CT molecular complexity index is 537. The zero-order chi connectivity index (χ0) is 14.5. The molecule has 0 unspecified atom stereocenters. The second-order valence-corrected chi connectivity index (χ2v) is 6.01. The quantitative estimate of drug-likeness (QED) is 0.812. The minimum atomic E-state index is 0.125. The average Bonchev–Trinajstić information content (AvgIpc) is 2.91. The van der Waals surface area contributed by atoms with Gasteiger partial charge in [0.15, 0.2) is 0 Å². The molecular formula is C16H22N2OS. The maximum absolute atomic E-state index is 5.97. The van der Waals surface area contributed by atoms with Crippen LogP contribution in [0.1, 0.15) is 25.6 Å². The van der Waals surface area contributed by atoms with Crippen LogP contribution in [0.5, 0.6) is 5.75 Å². The lowest BCUT2D eigenvalue weighted by Gasteiger charge is -2.24. The van der Waals surface area contributed by atoms with Crippen LogP contribution in [0.15, 0.2) is 35.7 Å². The Labute approximate surface area is 125 Å². The fraction of sp³-hybridized carbons (Fsp3) is 0.375. The summed E-state index contributed by atoms with van der Waals surface area (Å²) >= 11 is 1.78. The van der Waals surface area contributed by atoms with Gasteiger partial charge in [0.1, 0.15) is 5.75 Å². The van der Waals surface area contributed by atoms with Crippen LogP contribution in [0, 0.1) is 0 Å². The molecule has 0 aliphatic heterocycles. The topological polar surface area (TPSA) is 38.5 Å². The largest absolute Gasteiger partial charge is 0.489 e. The van der Waals surface area contributed by atoms with Gasteiger partial charge in [-0.15, -0.1) is 11.3 Å². The summed E-state index contributed by atoms with van der Waals surface area (Å²) in [5.74, 6) is 0.766. The van der Waals surface area contributed by atoms with Gasteiger partial charge in [-0.3, -0.25) is 0 Å². The number of nitrogens with zero attached hydrogens (tertiary/aromatic N) is 1. The van der Waals surface area contributed by atoms with Crippen molar-refractivity contribution in [3.8, 4) is 5.75 Å². The van der Waals surface area contributed by atoms with E-state index in [2.05, 4.69) is 35.4 Å². The van der Waals surface area contributed by atoms with Gasteiger partial charge >= 0.3 is 0 Å². The van der Waals surface area contributed by atoms with Crippen molar-refractivity contribution >= 4 is 22.7 Å². The molecule has 1 aromatic carbocycles. The molecule has 2 N–H and O–H groups in total. The highest BCUT2D eigenvalue weighted by atomic mass is 32.1. The molecule has 0 saturated heterocycles. The zero-order valence-corrected chi connectivity index (χ0v) is 13.1. The van der Waals surface area contributed by atoms with Crippen molar-refractivity contribution in [2.24, 2.45) is 0 Å². The summed E-state index contributed by atoms with van der Waals surface area (Å²) in [6.07, 6.45) is 0.125. The van der Waals surface area contributed by atoms with Crippen molar-refractivity contribution in [3.05, 3.63) is 40.6 Å². The molecule has 2 aromatic rings. The lowest BCUT2D eigenvalue weighted by atomic mass is 10.2. The van der Waals surface area contributed by atoms with Gasteiger partial charge in [-0.1, -0.05) is 6.07 Å². The summed E-state index contributed by atoms with van der Waals surface area (Å²) in [6, 6.07) is 10.3. The minimum Gasteiger partial charge on any atom is -0.489 e. The highest BCUT2D eigenvalue weighted by Crippen LogP contribution is 2.29. The van der Waals surface area contributed by atoms with Crippen LogP contribution < -0.4 is 15.4 Å². The summed E-state index contributed by atoms with van der Waals surface area (Å²) in [5.41, 5.74) is 7.81. The summed E-state index contributed by atoms with van der Waals surface area (Å²) in [5, 5.41) is 2.11. The normalized spacial score (nSPS) is 10.8. The Hall–Kier alpha value is -1.68. The fourth-order valence-corrected chi connectivity index (χ4v) is 2.77. The maximum atomic E-state index is 5.97. The monoisotopic (exact) mass is 290 g/mol. The first kappa shape index (κ1) is 14.7. The number of hydrogen-bond donors (Lipinski definition) is 1. The van der Waals surface area contributed by atoms with Crippen molar-refractivity contribution in [1.29, 1.82) is 0 Å². The fourth-order valence-electron chi connectivity index (χ4n) is 2.05. The molecule has 3 nitrogen and oxygen atoms in total. The van der Waals surface area contributed by atoms with E-state index in [1.54, 1.807) is 11.3 Å². The molecule has 0 spiro atoms. The molecule has 0 atom stereocenters. The smallest absolute Gasteiger partial charge is 0.144 e. The Morgan fingerprint density at radius 3 is 2.70 bits per heavy atom. The van der Waals surface area contributed by atoms with Crippen molar-refractivity contribution in [2.75, 3.05) is 17.2 Å². The number of ether oxygens (including phenoxy) is 1. The molecule has 0 saturated carbocycles. The predicted molar refractivity (Wildman–Crippen MR) is 87.7 cm³/mol. The van der Waals surface area contributed by atoms with E-state index in [9.17, 15) is 0 Å². The van der Waals surface area contributed by atoms with E-state index in [1.807, 2.05) is 26.0 Å². The Morgan fingerprint density at radius 1 is 1.30 bits per heavy atom. The summed E-state index contributed by atoms with van der Waals surface area (Å²) in [6.45, 7) is 8.04. The van der Waals surface area contributed by atoms with Crippen LogP contribution in [-0.4, -0.2) is 12.6 Å². The SMILES string of the molecule is CCN(Cc1cccs1)c1ccc(N)c(OC(C)C)c1. The average molecular weight is 290 g/mol. The molecule has 0 aliphatic rings. The number of hydrogen-bond acceptors (Lipinski definition) is 4. The third-order valence-electron chi connectivity index (χ3n) is 3.03. The van der Waals surface area contributed by atoms with Crippen molar-refractivity contribution in [1.82, 2.24) is 0 Å². The number of benzene rings is 1. The van der Waals surface area contributed by atoms with Gasteiger partial charge in [-0.05, 0) is 44.4 Å². The molecule has 0 bridgehead atoms. The molecule has 20 heavy (non-hydrogen) atoms. The van der Waals surface area contributed by atoms with E-state index in [0.717, 1.165) is 24.5 Å².